The van der Waals surface area contributed by atoms with Crippen molar-refractivity contribution >= 4 is 5.91 Å². The monoisotopic (exact) mass is 284 g/mol. The first kappa shape index (κ1) is 13.8. The highest BCUT2D eigenvalue weighted by Gasteiger charge is 2.22. The fourth-order valence-corrected chi connectivity index (χ4v) is 2.80. The summed E-state index contributed by atoms with van der Waals surface area (Å²) in [4.78, 5) is 14.5. The summed E-state index contributed by atoms with van der Waals surface area (Å²) < 4.78 is 0. The maximum Gasteiger partial charge on any atom is 0.254 e. The lowest BCUT2D eigenvalue weighted by Gasteiger charge is -2.33. The predicted octanol–water partition coefficient (Wildman–Crippen LogP) is 1.80. The van der Waals surface area contributed by atoms with Crippen molar-refractivity contribution in [3.05, 3.63) is 53.9 Å². The van der Waals surface area contributed by atoms with Crippen LogP contribution in [0.3, 0.4) is 0 Å². The van der Waals surface area contributed by atoms with Crippen LogP contribution in [0.15, 0.2) is 42.7 Å². The molecule has 21 heavy (non-hydrogen) atoms. The third kappa shape index (κ3) is 3.70. The van der Waals surface area contributed by atoms with Crippen molar-refractivity contribution in [1.29, 1.82) is 0 Å². The Kier molecular flexibility index (Phi) is 4.31. The smallest absolute Gasteiger partial charge is 0.254 e. The molecule has 0 saturated carbocycles. The van der Waals surface area contributed by atoms with E-state index in [0.29, 0.717) is 5.56 Å². The molecule has 5 heteroatoms. The third-order valence-corrected chi connectivity index (χ3v) is 3.85. The van der Waals surface area contributed by atoms with Gasteiger partial charge in [-0.25, -0.2) is 0 Å². The third-order valence-electron chi connectivity index (χ3n) is 3.85. The number of carbonyl (C=O) groups excluding carboxylic acids is 1. The molecule has 2 N–H and O–H groups in total. The van der Waals surface area contributed by atoms with E-state index in [0.717, 1.165) is 32.5 Å². The number of benzene rings is 1. The van der Waals surface area contributed by atoms with Gasteiger partial charge in [0.25, 0.3) is 5.91 Å². The van der Waals surface area contributed by atoms with Crippen molar-refractivity contribution in [2.24, 2.45) is 0 Å². The molecular formula is C16H20N4O. The number of aromatic nitrogens is 2. The van der Waals surface area contributed by atoms with Gasteiger partial charge in [-0.15, -0.1) is 0 Å². The number of nitrogens with one attached hydrogen (secondary N) is 2. The molecule has 1 unspecified atom stereocenters. The molecule has 1 fully saturated rings. The summed E-state index contributed by atoms with van der Waals surface area (Å²) in [6, 6.07) is 10.7. The Hall–Kier alpha value is -2.14. The van der Waals surface area contributed by atoms with Gasteiger partial charge >= 0.3 is 0 Å². The Balaban J connectivity index is 1.55. The van der Waals surface area contributed by atoms with Gasteiger partial charge < -0.3 is 5.32 Å². The lowest BCUT2D eigenvalue weighted by Crippen LogP contribution is -2.47. The Morgan fingerprint density at radius 1 is 1.38 bits per heavy atom. The van der Waals surface area contributed by atoms with Gasteiger partial charge in [-0.1, -0.05) is 30.3 Å². The fourth-order valence-electron chi connectivity index (χ4n) is 2.80. The second-order valence-corrected chi connectivity index (χ2v) is 5.52. The zero-order valence-electron chi connectivity index (χ0n) is 12.0. The van der Waals surface area contributed by atoms with Gasteiger partial charge in [0.2, 0.25) is 0 Å². The number of rotatable bonds is 4. The highest BCUT2D eigenvalue weighted by atomic mass is 16.1. The number of carbonyl (C=O) groups is 1. The summed E-state index contributed by atoms with van der Waals surface area (Å²) in [6.45, 7) is 2.93. The number of likely N-dealkylation sites (tertiary alicyclic amines) is 1. The second kappa shape index (κ2) is 6.54. The second-order valence-electron chi connectivity index (χ2n) is 5.52. The summed E-state index contributed by atoms with van der Waals surface area (Å²) in [7, 11) is 0. The summed E-state index contributed by atoms with van der Waals surface area (Å²) in [6.07, 6.45) is 5.33. The van der Waals surface area contributed by atoms with Crippen LogP contribution in [0.2, 0.25) is 0 Å². The van der Waals surface area contributed by atoms with Crippen LogP contribution in [0.1, 0.15) is 28.8 Å². The first-order valence-corrected chi connectivity index (χ1v) is 7.37. The van der Waals surface area contributed by atoms with Gasteiger partial charge in [-0.05, 0) is 24.9 Å². The van der Waals surface area contributed by atoms with E-state index < -0.39 is 0 Å². The molecule has 2 heterocycles. The number of aromatic amines is 1. The van der Waals surface area contributed by atoms with Crippen LogP contribution >= 0.6 is 0 Å². The number of amides is 1. The zero-order valence-corrected chi connectivity index (χ0v) is 12.0. The van der Waals surface area contributed by atoms with Gasteiger partial charge in [-0.2, -0.15) is 5.10 Å². The first-order chi connectivity index (χ1) is 10.3. The van der Waals surface area contributed by atoms with Crippen LogP contribution in [0, 0.1) is 0 Å². The van der Waals surface area contributed by atoms with Crippen molar-refractivity contribution in [2.75, 3.05) is 13.1 Å². The molecule has 1 aromatic heterocycles. The molecule has 0 spiro atoms. The number of hydrogen-bond donors (Lipinski definition) is 2. The molecule has 5 nitrogen and oxygen atoms in total. The molecule has 1 amide bonds. The molecule has 3 rings (SSSR count). The minimum atomic E-state index is -0.0460. The quantitative estimate of drug-likeness (QED) is 0.900. The highest BCUT2D eigenvalue weighted by Crippen LogP contribution is 2.14. The molecular weight excluding hydrogens is 264 g/mol. The Bertz CT molecular complexity index is 567. The lowest BCUT2D eigenvalue weighted by molar-refractivity contribution is 0.0901. The Labute approximate surface area is 124 Å². The predicted molar refractivity (Wildman–Crippen MR) is 80.8 cm³/mol. The molecule has 1 atom stereocenters. The first-order valence-electron chi connectivity index (χ1n) is 7.37. The van der Waals surface area contributed by atoms with Crippen molar-refractivity contribution in [1.82, 2.24) is 20.4 Å². The van der Waals surface area contributed by atoms with Gasteiger partial charge in [-0.3, -0.25) is 14.8 Å². The number of nitrogens with zero attached hydrogens (tertiary/aromatic N) is 2. The van der Waals surface area contributed by atoms with E-state index in [2.05, 4.69) is 44.7 Å². The van der Waals surface area contributed by atoms with Crippen LogP contribution in [-0.4, -0.2) is 40.1 Å². The average molecular weight is 284 g/mol. The maximum absolute atomic E-state index is 12.0. The lowest BCUT2D eigenvalue weighted by atomic mass is 10.0. The number of hydrogen-bond acceptors (Lipinski definition) is 3. The maximum atomic E-state index is 12.0. The standard InChI is InChI=1S/C16H20N4O/c21-16(14-9-17-18-10-14)19-15-7-4-8-20(12-15)11-13-5-2-1-3-6-13/h1-3,5-6,9-10,15H,4,7-8,11-12H2,(H,17,18)(H,19,21). The van der Waals surface area contributed by atoms with Gasteiger partial charge in [0, 0.05) is 25.3 Å². The molecule has 1 aliphatic rings. The van der Waals surface area contributed by atoms with Gasteiger partial charge in [0.15, 0.2) is 0 Å². The number of H-pyrrole nitrogens is 1. The van der Waals surface area contributed by atoms with Crippen molar-refractivity contribution in [3.63, 3.8) is 0 Å². The van der Waals surface area contributed by atoms with Gasteiger partial charge in [0.05, 0.1) is 11.8 Å². The van der Waals surface area contributed by atoms with E-state index in [-0.39, 0.29) is 11.9 Å². The number of piperidine rings is 1. The minimum Gasteiger partial charge on any atom is -0.348 e. The van der Waals surface area contributed by atoms with E-state index in [9.17, 15) is 4.79 Å². The van der Waals surface area contributed by atoms with Crippen molar-refractivity contribution < 1.29 is 4.79 Å². The van der Waals surface area contributed by atoms with Crippen LogP contribution < -0.4 is 5.32 Å². The molecule has 110 valence electrons. The van der Waals surface area contributed by atoms with E-state index >= 15 is 0 Å². The molecule has 0 radical (unpaired) electrons. The Morgan fingerprint density at radius 2 is 2.24 bits per heavy atom. The van der Waals surface area contributed by atoms with Crippen molar-refractivity contribution in [2.45, 2.75) is 25.4 Å². The van der Waals surface area contributed by atoms with E-state index in [1.807, 2.05) is 6.07 Å². The molecule has 0 aliphatic carbocycles. The van der Waals surface area contributed by atoms with Gasteiger partial charge in [0.1, 0.15) is 0 Å². The summed E-state index contributed by atoms with van der Waals surface area (Å²) in [5.41, 5.74) is 1.91. The van der Waals surface area contributed by atoms with E-state index in [1.165, 1.54) is 5.56 Å². The average Bonchev–Trinajstić information content (AvgIpc) is 3.03. The molecule has 2 aromatic rings. The SMILES string of the molecule is O=C(NC1CCCN(Cc2ccccc2)C1)c1cn[nH]c1. The van der Waals surface area contributed by atoms with E-state index in [4.69, 9.17) is 0 Å². The molecule has 0 bridgehead atoms. The summed E-state index contributed by atoms with van der Waals surface area (Å²) in [5, 5.41) is 9.58. The van der Waals surface area contributed by atoms with Crippen LogP contribution in [0.5, 0.6) is 0 Å². The van der Waals surface area contributed by atoms with Crippen LogP contribution in [0.4, 0.5) is 0 Å². The van der Waals surface area contributed by atoms with Crippen LogP contribution in [0.25, 0.3) is 0 Å². The highest BCUT2D eigenvalue weighted by molar-refractivity contribution is 5.93. The Morgan fingerprint density at radius 3 is 3.00 bits per heavy atom. The fraction of sp³-hybridized carbons (Fsp3) is 0.375. The summed E-state index contributed by atoms with van der Waals surface area (Å²) >= 11 is 0. The van der Waals surface area contributed by atoms with E-state index in [1.54, 1.807) is 12.4 Å². The molecule has 1 aromatic carbocycles. The largest absolute Gasteiger partial charge is 0.348 e. The zero-order chi connectivity index (χ0) is 14.5. The summed E-state index contributed by atoms with van der Waals surface area (Å²) in [5.74, 6) is -0.0460. The minimum absolute atomic E-state index is 0.0460. The van der Waals surface area contributed by atoms with Crippen molar-refractivity contribution in [3.8, 4) is 0 Å². The van der Waals surface area contributed by atoms with Crippen LogP contribution in [-0.2, 0) is 6.54 Å². The molecule has 1 saturated heterocycles. The normalized spacial score (nSPS) is 19.3. The molecule has 1 aliphatic heterocycles. The topological polar surface area (TPSA) is 61.0 Å².